The van der Waals surface area contributed by atoms with Crippen LogP contribution in [0.2, 0.25) is 5.02 Å². The van der Waals surface area contributed by atoms with Gasteiger partial charge in [-0.2, -0.15) is 0 Å². The highest BCUT2D eigenvalue weighted by Crippen LogP contribution is 2.48. The number of allylic oxidation sites excluding steroid dienone is 3. The Morgan fingerprint density at radius 2 is 1.71 bits per heavy atom. The van der Waals surface area contributed by atoms with E-state index in [0.717, 1.165) is 5.56 Å². The predicted molar refractivity (Wildman–Crippen MR) is 155 cm³/mol. The van der Waals surface area contributed by atoms with Gasteiger partial charge in [-0.05, 0) is 73.4 Å². The molecule has 2 atom stereocenters. The van der Waals surface area contributed by atoms with E-state index in [9.17, 15) is 9.59 Å². The number of benzene rings is 3. The van der Waals surface area contributed by atoms with Crippen LogP contribution < -0.4 is 24.8 Å². The number of ketones is 1. The van der Waals surface area contributed by atoms with Crippen molar-refractivity contribution in [2.75, 3.05) is 26.6 Å². The molecule has 1 heterocycles. The number of nitrogens with one attached hydrogen (secondary N) is 2. The number of carbonyl (C=O) groups is 2. The van der Waals surface area contributed by atoms with E-state index in [2.05, 4.69) is 10.6 Å². The van der Waals surface area contributed by atoms with Crippen molar-refractivity contribution in [1.29, 1.82) is 0 Å². The highest BCUT2D eigenvalue weighted by molar-refractivity contribution is 6.31. The Labute approximate surface area is 242 Å². The molecule has 1 aliphatic carbocycles. The zero-order valence-corrected chi connectivity index (χ0v) is 23.9. The third-order valence-electron chi connectivity index (χ3n) is 7.59. The number of ether oxygens (including phenoxy) is 3. The van der Waals surface area contributed by atoms with Crippen molar-refractivity contribution < 1.29 is 28.2 Å². The van der Waals surface area contributed by atoms with Crippen molar-refractivity contribution in [1.82, 2.24) is 5.32 Å². The normalized spacial score (nSPS) is 18.4. The van der Waals surface area contributed by atoms with Crippen LogP contribution in [0.4, 0.5) is 10.1 Å². The van der Waals surface area contributed by atoms with Crippen LogP contribution >= 0.6 is 11.6 Å². The molecule has 0 aromatic heterocycles. The highest BCUT2D eigenvalue weighted by atomic mass is 35.5. The van der Waals surface area contributed by atoms with Gasteiger partial charge in [-0.25, -0.2) is 4.39 Å². The largest absolute Gasteiger partial charge is 0.497 e. The van der Waals surface area contributed by atoms with Gasteiger partial charge in [0.2, 0.25) is 0 Å². The minimum absolute atomic E-state index is 0.0975. The number of hydrogen-bond acceptors (Lipinski definition) is 6. The van der Waals surface area contributed by atoms with Crippen LogP contribution in [0.1, 0.15) is 42.7 Å². The molecule has 3 aromatic rings. The molecule has 0 unspecified atom stereocenters. The SMILES string of the molecule is COc1ccc(NC(=O)C2=C(C)NC3=C(C(=O)C[C@H](c4ccc(OC)c(OC)c4)C3)[C@H]2c2c(F)cccc2Cl)cc1. The van der Waals surface area contributed by atoms with Gasteiger partial charge < -0.3 is 24.8 Å². The fourth-order valence-electron chi connectivity index (χ4n) is 5.63. The number of dihydropyridines is 1. The summed E-state index contributed by atoms with van der Waals surface area (Å²) >= 11 is 6.55. The molecule has 5 rings (SSSR count). The van der Waals surface area contributed by atoms with Crippen LogP contribution in [0.5, 0.6) is 17.2 Å². The van der Waals surface area contributed by atoms with Crippen molar-refractivity contribution in [3.63, 3.8) is 0 Å². The van der Waals surface area contributed by atoms with E-state index in [1.54, 1.807) is 58.6 Å². The molecule has 7 nitrogen and oxygen atoms in total. The van der Waals surface area contributed by atoms with E-state index < -0.39 is 17.6 Å². The molecule has 1 aliphatic heterocycles. The molecule has 1 amide bonds. The van der Waals surface area contributed by atoms with Crippen molar-refractivity contribution in [3.8, 4) is 17.2 Å². The van der Waals surface area contributed by atoms with Crippen LogP contribution in [0.15, 0.2) is 83.2 Å². The Morgan fingerprint density at radius 3 is 2.37 bits per heavy atom. The summed E-state index contributed by atoms with van der Waals surface area (Å²) in [6, 6.07) is 16.8. The number of methoxy groups -OCH3 is 3. The average molecular weight is 577 g/mol. The van der Waals surface area contributed by atoms with Gasteiger partial charge in [0.1, 0.15) is 11.6 Å². The predicted octanol–water partition coefficient (Wildman–Crippen LogP) is 6.51. The summed E-state index contributed by atoms with van der Waals surface area (Å²) in [6.45, 7) is 1.75. The van der Waals surface area contributed by atoms with Gasteiger partial charge in [0.15, 0.2) is 17.3 Å². The van der Waals surface area contributed by atoms with Gasteiger partial charge in [-0.15, -0.1) is 0 Å². The van der Waals surface area contributed by atoms with Crippen molar-refractivity contribution in [2.24, 2.45) is 0 Å². The van der Waals surface area contributed by atoms with Gasteiger partial charge in [0.25, 0.3) is 5.91 Å². The summed E-state index contributed by atoms with van der Waals surface area (Å²) in [5.74, 6) is -0.595. The summed E-state index contributed by atoms with van der Waals surface area (Å²) in [5.41, 5.74) is 3.26. The van der Waals surface area contributed by atoms with Crippen LogP contribution in [0, 0.1) is 5.82 Å². The zero-order chi connectivity index (χ0) is 29.3. The molecule has 0 bridgehead atoms. The summed E-state index contributed by atoms with van der Waals surface area (Å²) in [7, 11) is 4.68. The number of Topliss-reactive ketones (excluding diaryl/α,β-unsaturated/α-hetero) is 1. The Kier molecular flexibility index (Phi) is 8.03. The molecule has 3 aromatic carbocycles. The molecule has 2 aliphatic rings. The second-order valence-electron chi connectivity index (χ2n) is 9.95. The Bertz CT molecular complexity index is 1560. The van der Waals surface area contributed by atoms with Crippen LogP contribution in [0.3, 0.4) is 0 Å². The highest BCUT2D eigenvalue weighted by Gasteiger charge is 2.42. The van der Waals surface area contributed by atoms with Crippen LogP contribution in [0.25, 0.3) is 0 Å². The summed E-state index contributed by atoms with van der Waals surface area (Å²) < 4.78 is 31.5. The van der Waals surface area contributed by atoms with Crippen LogP contribution in [-0.2, 0) is 9.59 Å². The van der Waals surface area contributed by atoms with E-state index in [-0.39, 0.29) is 34.3 Å². The van der Waals surface area contributed by atoms with E-state index >= 15 is 4.39 Å². The second kappa shape index (κ2) is 11.7. The molecule has 9 heteroatoms. The Balaban J connectivity index is 1.56. The number of rotatable bonds is 7. The van der Waals surface area contributed by atoms with Gasteiger partial charge in [-0.3, -0.25) is 9.59 Å². The third-order valence-corrected chi connectivity index (χ3v) is 7.92. The van der Waals surface area contributed by atoms with E-state index in [4.69, 9.17) is 25.8 Å². The summed E-state index contributed by atoms with van der Waals surface area (Å²) in [5, 5.41) is 6.33. The lowest BCUT2D eigenvalue weighted by Crippen LogP contribution is -2.37. The van der Waals surface area contributed by atoms with E-state index in [1.807, 2.05) is 18.2 Å². The fourth-order valence-corrected chi connectivity index (χ4v) is 5.90. The van der Waals surface area contributed by atoms with Gasteiger partial charge in [0.05, 0.1) is 27.2 Å². The molecule has 41 heavy (non-hydrogen) atoms. The zero-order valence-electron chi connectivity index (χ0n) is 23.1. The number of anilines is 1. The van der Waals surface area contributed by atoms with Gasteiger partial charge >= 0.3 is 0 Å². The monoisotopic (exact) mass is 576 g/mol. The lowest BCUT2D eigenvalue weighted by molar-refractivity contribution is -0.116. The van der Waals surface area contributed by atoms with Gasteiger partial charge in [0, 0.05) is 45.2 Å². The van der Waals surface area contributed by atoms with Crippen LogP contribution in [-0.4, -0.2) is 33.0 Å². The van der Waals surface area contributed by atoms with Gasteiger partial charge in [-0.1, -0.05) is 23.7 Å². The molecule has 2 N–H and O–H groups in total. The number of carbonyl (C=O) groups excluding carboxylic acids is 2. The topological polar surface area (TPSA) is 85.9 Å². The quantitative estimate of drug-likeness (QED) is 0.334. The molecule has 0 saturated heterocycles. The minimum atomic E-state index is -0.989. The molecule has 0 spiro atoms. The first-order valence-corrected chi connectivity index (χ1v) is 13.5. The lowest BCUT2D eigenvalue weighted by Gasteiger charge is -2.37. The first kappa shape index (κ1) is 28.2. The fraction of sp³-hybridized carbons (Fsp3) is 0.250. The smallest absolute Gasteiger partial charge is 0.254 e. The van der Waals surface area contributed by atoms with E-state index in [1.165, 1.54) is 12.1 Å². The molecule has 212 valence electrons. The van der Waals surface area contributed by atoms with Crippen molar-refractivity contribution in [2.45, 2.75) is 31.6 Å². The molecule has 0 saturated carbocycles. The Morgan fingerprint density at radius 1 is 0.976 bits per heavy atom. The Hall–Kier alpha value is -4.30. The maximum absolute atomic E-state index is 15.5. The molecular formula is C32H30ClFN2O5. The third kappa shape index (κ3) is 5.39. The number of halogens is 2. The molecule has 0 fully saturated rings. The minimum Gasteiger partial charge on any atom is -0.497 e. The molecular weight excluding hydrogens is 547 g/mol. The number of hydrogen-bond donors (Lipinski definition) is 2. The van der Waals surface area contributed by atoms with E-state index in [0.29, 0.717) is 46.3 Å². The maximum atomic E-state index is 15.5. The summed E-state index contributed by atoms with van der Waals surface area (Å²) in [6.07, 6.45) is 0.648. The first-order chi connectivity index (χ1) is 19.7. The second-order valence-corrected chi connectivity index (χ2v) is 10.4. The molecule has 0 radical (unpaired) electrons. The maximum Gasteiger partial charge on any atom is 0.254 e. The lowest BCUT2D eigenvalue weighted by atomic mass is 9.71. The average Bonchev–Trinajstić information content (AvgIpc) is 2.96. The summed E-state index contributed by atoms with van der Waals surface area (Å²) in [4.78, 5) is 27.7. The number of amides is 1. The van der Waals surface area contributed by atoms with Crippen molar-refractivity contribution >= 4 is 29.0 Å². The first-order valence-electron chi connectivity index (χ1n) is 13.1. The van der Waals surface area contributed by atoms with Crippen molar-refractivity contribution in [3.05, 3.63) is 105 Å². The standard InChI is InChI=1S/C32H30ClFN2O5/c1-17-28(32(38)36-20-9-11-21(39-2)12-10-20)31(29-22(33)6-5-7-23(29)34)30-24(35-17)14-19(15-25(30)37)18-8-13-26(40-3)27(16-18)41-4/h5-13,16,19,31,35H,14-15H2,1-4H3,(H,36,38)/t19-,31-/m1/s1.